The van der Waals surface area contributed by atoms with Crippen LogP contribution >= 0.6 is 36.4 Å². The molecule has 2 aromatic carbocycles. The lowest BCUT2D eigenvalue weighted by molar-refractivity contribution is -0.131. The SMILES string of the molecule is CN1CCN(C(=O)CNC2CC2c2ccc(-c3ccc(Cl)cc3)cc2)CC1.Cl.Cl. The van der Waals surface area contributed by atoms with E-state index < -0.39 is 0 Å². The first kappa shape index (κ1) is 24.0. The molecule has 2 aromatic rings. The van der Waals surface area contributed by atoms with Crippen LogP contribution in [0, 0.1) is 0 Å². The van der Waals surface area contributed by atoms with Crippen molar-refractivity contribution in [3.05, 3.63) is 59.1 Å². The normalized spacial score (nSPS) is 21.1. The first-order valence-electron chi connectivity index (χ1n) is 9.66. The molecule has 1 heterocycles. The van der Waals surface area contributed by atoms with E-state index in [4.69, 9.17) is 11.6 Å². The van der Waals surface area contributed by atoms with Gasteiger partial charge in [0.05, 0.1) is 6.54 Å². The van der Waals surface area contributed by atoms with Crippen LogP contribution in [-0.2, 0) is 4.79 Å². The number of likely N-dealkylation sites (N-methyl/N-ethyl adjacent to an activating group) is 1. The largest absolute Gasteiger partial charge is 0.339 e. The number of benzene rings is 2. The molecule has 0 bridgehead atoms. The Hall–Kier alpha value is -1.30. The second-order valence-electron chi connectivity index (χ2n) is 7.64. The van der Waals surface area contributed by atoms with Crippen LogP contribution in [0.1, 0.15) is 17.9 Å². The fourth-order valence-electron chi connectivity index (χ4n) is 3.74. The molecule has 4 nitrogen and oxygen atoms in total. The second-order valence-corrected chi connectivity index (χ2v) is 8.08. The van der Waals surface area contributed by atoms with Gasteiger partial charge in [-0.15, -0.1) is 24.8 Å². The van der Waals surface area contributed by atoms with Gasteiger partial charge in [0, 0.05) is 43.2 Å². The lowest BCUT2D eigenvalue weighted by atomic mass is 10.0. The molecule has 1 amide bonds. The molecule has 2 aliphatic rings. The molecule has 1 aliphatic heterocycles. The van der Waals surface area contributed by atoms with Crippen LogP contribution in [0.3, 0.4) is 0 Å². The minimum absolute atomic E-state index is 0. The van der Waals surface area contributed by atoms with Gasteiger partial charge in [0.15, 0.2) is 0 Å². The Labute approximate surface area is 190 Å². The Kier molecular flexibility index (Phi) is 8.80. The summed E-state index contributed by atoms with van der Waals surface area (Å²) < 4.78 is 0. The van der Waals surface area contributed by atoms with Gasteiger partial charge < -0.3 is 15.1 Å². The van der Waals surface area contributed by atoms with Gasteiger partial charge in [-0.1, -0.05) is 48.0 Å². The highest BCUT2D eigenvalue weighted by atomic mass is 35.5. The summed E-state index contributed by atoms with van der Waals surface area (Å²) in [5.41, 5.74) is 3.72. The maximum Gasteiger partial charge on any atom is 0.236 e. The molecule has 1 saturated carbocycles. The van der Waals surface area contributed by atoms with E-state index in [9.17, 15) is 4.79 Å². The van der Waals surface area contributed by atoms with Crippen LogP contribution in [0.25, 0.3) is 11.1 Å². The topological polar surface area (TPSA) is 35.6 Å². The summed E-state index contributed by atoms with van der Waals surface area (Å²) >= 11 is 5.96. The van der Waals surface area contributed by atoms with Gasteiger partial charge in [-0.25, -0.2) is 0 Å². The Balaban J connectivity index is 0.00000150. The van der Waals surface area contributed by atoms with E-state index in [2.05, 4.69) is 41.5 Å². The predicted octanol–water partition coefficient (Wildman–Crippen LogP) is 4.07. The van der Waals surface area contributed by atoms with Crippen molar-refractivity contribution in [3.8, 4) is 11.1 Å². The van der Waals surface area contributed by atoms with Crippen molar-refractivity contribution in [1.29, 1.82) is 0 Å². The standard InChI is InChI=1S/C22H26ClN3O.2ClH/c1-25-10-12-26(13-11-25)22(27)15-24-21-14-20(21)18-4-2-16(3-5-18)17-6-8-19(23)9-7-17;;/h2-9,20-21,24H,10-15H2,1H3;2*1H. The van der Waals surface area contributed by atoms with E-state index in [0.717, 1.165) is 37.6 Å². The van der Waals surface area contributed by atoms with Gasteiger partial charge in [0.2, 0.25) is 5.91 Å². The molecular weight excluding hydrogens is 429 g/mol. The molecule has 0 spiro atoms. The Bertz CT molecular complexity index is 790. The number of rotatable bonds is 5. The molecule has 4 rings (SSSR count). The lowest BCUT2D eigenvalue weighted by Gasteiger charge is -2.32. The molecule has 2 fully saturated rings. The molecule has 2 atom stereocenters. The molecule has 7 heteroatoms. The van der Waals surface area contributed by atoms with E-state index in [1.165, 1.54) is 16.7 Å². The van der Waals surface area contributed by atoms with Crippen LogP contribution in [-0.4, -0.2) is 61.5 Å². The Morgan fingerprint density at radius 1 is 0.966 bits per heavy atom. The van der Waals surface area contributed by atoms with E-state index in [0.29, 0.717) is 18.5 Å². The predicted molar refractivity (Wildman–Crippen MR) is 125 cm³/mol. The summed E-state index contributed by atoms with van der Waals surface area (Å²) in [6.45, 7) is 4.08. The van der Waals surface area contributed by atoms with E-state index in [-0.39, 0.29) is 30.7 Å². The minimum Gasteiger partial charge on any atom is -0.339 e. The minimum atomic E-state index is 0. The van der Waals surface area contributed by atoms with Gasteiger partial charge in [-0.05, 0) is 42.3 Å². The summed E-state index contributed by atoms with van der Waals surface area (Å²) in [7, 11) is 2.10. The number of hydrogen-bond donors (Lipinski definition) is 1. The third kappa shape index (κ3) is 6.09. The number of nitrogens with one attached hydrogen (secondary N) is 1. The van der Waals surface area contributed by atoms with E-state index in [1.54, 1.807) is 0 Å². The zero-order valence-corrected chi connectivity index (χ0v) is 18.9. The van der Waals surface area contributed by atoms with Crippen LogP contribution in [0.4, 0.5) is 0 Å². The van der Waals surface area contributed by atoms with Gasteiger partial charge in [-0.3, -0.25) is 4.79 Å². The molecule has 1 N–H and O–H groups in total. The molecule has 1 saturated heterocycles. The van der Waals surface area contributed by atoms with Crippen molar-refractivity contribution in [1.82, 2.24) is 15.1 Å². The van der Waals surface area contributed by atoms with E-state index in [1.807, 2.05) is 29.2 Å². The van der Waals surface area contributed by atoms with Crippen molar-refractivity contribution in [2.24, 2.45) is 0 Å². The fourth-order valence-corrected chi connectivity index (χ4v) is 3.87. The first-order valence-corrected chi connectivity index (χ1v) is 10.0. The smallest absolute Gasteiger partial charge is 0.236 e. The summed E-state index contributed by atoms with van der Waals surface area (Å²) in [5.74, 6) is 0.747. The van der Waals surface area contributed by atoms with Crippen molar-refractivity contribution in [3.63, 3.8) is 0 Å². The molecule has 1 aliphatic carbocycles. The van der Waals surface area contributed by atoms with Crippen LogP contribution in [0.5, 0.6) is 0 Å². The highest BCUT2D eigenvalue weighted by molar-refractivity contribution is 6.30. The van der Waals surface area contributed by atoms with Crippen LogP contribution in [0.15, 0.2) is 48.5 Å². The molecular formula is C22H28Cl3N3O. The number of halogens is 3. The highest BCUT2D eigenvalue weighted by Gasteiger charge is 2.38. The van der Waals surface area contributed by atoms with Gasteiger partial charge in [0.25, 0.3) is 0 Å². The third-order valence-electron chi connectivity index (χ3n) is 5.68. The molecule has 0 aromatic heterocycles. The number of hydrogen-bond acceptors (Lipinski definition) is 3. The average Bonchev–Trinajstić information content (AvgIpc) is 3.47. The molecule has 158 valence electrons. The van der Waals surface area contributed by atoms with Gasteiger partial charge in [-0.2, -0.15) is 0 Å². The van der Waals surface area contributed by atoms with E-state index >= 15 is 0 Å². The summed E-state index contributed by atoms with van der Waals surface area (Å²) in [6.07, 6.45) is 1.11. The average molecular weight is 457 g/mol. The maximum absolute atomic E-state index is 12.3. The van der Waals surface area contributed by atoms with Gasteiger partial charge >= 0.3 is 0 Å². The molecule has 2 unspecified atom stereocenters. The Morgan fingerprint density at radius 3 is 2.10 bits per heavy atom. The summed E-state index contributed by atoms with van der Waals surface area (Å²) in [6, 6.07) is 17.1. The van der Waals surface area contributed by atoms with Crippen molar-refractivity contribution >= 4 is 42.3 Å². The quantitative estimate of drug-likeness (QED) is 0.737. The first-order chi connectivity index (χ1) is 13.1. The Morgan fingerprint density at radius 2 is 1.52 bits per heavy atom. The van der Waals surface area contributed by atoms with Crippen LogP contribution < -0.4 is 5.32 Å². The fraction of sp³-hybridized carbons (Fsp3) is 0.409. The number of nitrogens with zero attached hydrogens (tertiary/aromatic N) is 2. The van der Waals surface area contributed by atoms with Crippen molar-refractivity contribution in [2.75, 3.05) is 39.8 Å². The molecule has 29 heavy (non-hydrogen) atoms. The number of carbonyl (C=O) groups excluding carboxylic acids is 1. The monoisotopic (exact) mass is 455 g/mol. The lowest BCUT2D eigenvalue weighted by Crippen LogP contribution is -2.49. The van der Waals surface area contributed by atoms with Crippen molar-refractivity contribution in [2.45, 2.75) is 18.4 Å². The maximum atomic E-state index is 12.3. The zero-order valence-electron chi connectivity index (χ0n) is 16.5. The number of piperazine rings is 1. The van der Waals surface area contributed by atoms with Crippen molar-refractivity contribution < 1.29 is 4.79 Å². The number of amides is 1. The second kappa shape index (κ2) is 10.6. The summed E-state index contributed by atoms with van der Waals surface area (Å²) in [4.78, 5) is 16.6. The van der Waals surface area contributed by atoms with Gasteiger partial charge in [0.1, 0.15) is 0 Å². The highest BCUT2D eigenvalue weighted by Crippen LogP contribution is 2.41. The number of carbonyl (C=O) groups is 1. The van der Waals surface area contributed by atoms with Crippen LogP contribution in [0.2, 0.25) is 5.02 Å². The third-order valence-corrected chi connectivity index (χ3v) is 5.93. The zero-order chi connectivity index (χ0) is 18.8. The molecule has 0 radical (unpaired) electrons. The summed E-state index contributed by atoms with van der Waals surface area (Å²) in [5, 5.41) is 4.20.